The van der Waals surface area contributed by atoms with E-state index in [0.717, 1.165) is 29.7 Å². The van der Waals surface area contributed by atoms with E-state index in [0.29, 0.717) is 11.8 Å². The fraction of sp³-hybridized carbons (Fsp3) is 0.739. The van der Waals surface area contributed by atoms with Crippen molar-refractivity contribution in [3.8, 4) is 0 Å². The Balaban J connectivity index is 1.78. The number of nitrogens with two attached hydrogens (primary N) is 1. The van der Waals surface area contributed by atoms with Crippen LogP contribution in [-0.2, 0) is 0 Å². The quantitative estimate of drug-likeness (QED) is 0.697. The van der Waals surface area contributed by atoms with Crippen LogP contribution in [0.4, 0.5) is 0 Å². The Morgan fingerprint density at radius 2 is 2.08 bits per heavy atom. The number of rotatable bonds is 3. The van der Waals surface area contributed by atoms with Crippen molar-refractivity contribution in [2.45, 2.75) is 84.3 Å². The van der Waals surface area contributed by atoms with E-state index in [-0.39, 0.29) is 6.04 Å². The standard InChI is InChI=1S/C23H37NO/c1-5-15(2)19-10-11-20-18(7-6-12-23(19,20)4)9-8-17-13-21(24)16(3)22(25)14-17/h8-9,15,19-22,25H,3,5-7,10-14,24H2,1-2,4H3/b17-8-,18-9+/t15-,19?,20-,21+,22+,23+/m0/s1. The fourth-order valence-corrected chi connectivity index (χ4v) is 5.98. The van der Waals surface area contributed by atoms with Crippen LogP contribution in [0.15, 0.2) is 35.5 Å². The van der Waals surface area contributed by atoms with E-state index in [1.807, 2.05) is 0 Å². The Morgan fingerprint density at radius 1 is 1.32 bits per heavy atom. The summed E-state index contributed by atoms with van der Waals surface area (Å²) in [7, 11) is 0. The second-order valence-corrected chi connectivity index (χ2v) is 9.15. The molecule has 3 rings (SSSR count). The minimum Gasteiger partial charge on any atom is -0.388 e. The van der Waals surface area contributed by atoms with Gasteiger partial charge in [-0.25, -0.2) is 0 Å². The largest absolute Gasteiger partial charge is 0.388 e. The molecule has 3 N–H and O–H groups in total. The first-order valence-corrected chi connectivity index (χ1v) is 10.4. The molecule has 3 aliphatic carbocycles. The first-order chi connectivity index (χ1) is 11.9. The zero-order chi connectivity index (χ0) is 18.2. The highest BCUT2D eigenvalue weighted by Crippen LogP contribution is 2.59. The van der Waals surface area contributed by atoms with Crippen molar-refractivity contribution < 1.29 is 5.11 Å². The van der Waals surface area contributed by atoms with Gasteiger partial charge in [0.25, 0.3) is 0 Å². The zero-order valence-electron chi connectivity index (χ0n) is 16.4. The summed E-state index contributed by atoms with van der Waals surface area (Å²) in [6.45, 7) is 11.3. The first-order valence-electron chi connectivity index (χ1n) is 10.4. The molecule has 1 unspecified atom stereocenters. The monoisotopic (exact) mass is 343 g/mol. The zero-order valence-corrected chi connectivity index (χ0v) is 16.4. The van der Waals surface area contributed by atoms with Gasteiger partial charge in [-0.2, -0.15) is 0 Å². The Bertz CT molecular complexity index is 559. The topological polar surface area (TPSA) is 46.2 Å². The van der Waals surface area contributed by atoms with Gasteiger partial charge in [0.05, 0.1) is 6.10 Å². The lowest BCUT2D eigenvalue weighted by Gasteiger charge is -2.44. The highest BCUT2D eigenvalue weighted by atomic mass is 16.3. The highest BCUT2D eigenvalue weighted by molar-refractivity contribution is 5.30. The van der Waals surface area contributed by atoms with Crippen molar-refractivity contribution in [1.82, 2.24) is 0 Å². The molecular formula is C23H37NO. The third kappa shape index (κ3) is 3.53. The molecule has 3 saturated carbocycles. The van der Waals surface area contributed by atoms with Gasteiger partial charge < -0.3 is 10.8 Å². The van der Waals surface area contributed by atoms with Gasteiger partial charge in [0.2, 0.25) is 0 Å². The van der Waals surface area contributed by atoms with Crippen LogP contribution in [0, 0.1) is 23.2 Å². The Kier molecular flexibility index (Phi) is 5.60. The third-order valence-corrected chi connectivity index (χ3v) is 7.74. The van der Waals surface area contributed by atoms with Gasteiger partial charge in [-0.15, -0.1) is 0 Å². The third-order valence-electron chi connectivity index (χ3n) is 7.74. The molecule has 0 aromatic carbocycles. The van der Waals surface area contributed by atoms with Crippen LogP contribution in [0.1, 0.15) is 72.1 Å². The van der Waals surface area contributed by atoms with Crippen LogP contribution in [-0.4, -0.2) is 17.3 Å². The summed E-state index contributed by atoms with van der Waals surface area (Å²) in [5.74, 6) is 2.48. The average molecular weight is 344 g/mol. The van der Waals surface area contributed by atoms with Crippen LogP contribution in [0.3, 0.4) is 0 Å². The molecule has 0 aromatic heterocycles. The van der Waals surface area contributed by atoms with Crippen molar-refractivity contribution >= 4 is 0 Å². The number of hydrogen-bond acceptors (Lipinski definition) is 2. The lowest BCUT2D eigenvalue weighted by Crippen LogP contribution is -2.36. The normalized spacial score (nSPS) is 43.5. The highest BCUT2D eigenvalue weighted by Gasteiger charge is 2.50. The molecule has 0 aromatic rings. The van der Waals surface area contributed by atoms with Gasteiger partial charge in [-0.3, -0.25) is 0 Å². The van der Waals surface area contributed by atoms with Crippen LogP contribution >= 0.6 is 0 Å². The Labute approximate surface area is 154 Å². The average Bonchev–Trinajstić information content (AvgIpc) is 2.94. The maximum Gasteiger partial charge on any atom is 0.0799 e. The lowest BCUT2D eigenvalue weighted by atomic mass is 9.61. The molecule has 0 heterocycles. The number of allylic oxidation sites excluding steroid dienone is 3. The Morgan fingerprint density at radius 3 is 2.76 bits per heavy atom. The molecule has 140 valence electrons. The fourth-order valence-electron chi connectivity index (χ4n) is 5.98. The molecule has 6 atom stereocenters. The smallest absolute Gasteiger partial charge is 0.0799 e. The van der Waals surface area contributed by atoms with Crippen LogP contribution < -0.4 is 5.73 Å². The van der Waals surface area contributed by atoms with Gasteiger partial charge in [0.15, 0.2) is 0 Å². The number of aliphatic hydroxyl groups excluding tert-OH is 1. The molecule has 25 heavy (non-hydrogen) atoms. The maximum atomic E-state index is 10.1. The summed E-state index contributed by atoms with van der Waals surface area (Å²) < 4.78 is 0. The van der Waals surface area contributed by atoms with E-state index in [1.165, 1.54) is 44.1 Å². The predicted molar refractivity (Wildman–Crippen MR) is 106 cm³/mol. The van der Waals surface area contributed by atoms with E-state index < -0.39 is 6.10 Å². The molecule has 0 radical (unpaired) electrons. The van der Waals surface area contributed by atoms with Crippen molar-refractivity contribution in [3.63, 3.8) is 0 Å². The lowest BCUT2D eigenvalue weighted by molar-refractivity contribution is 0.0961. The van der Waals surface area contributed by atoms with Gasteiger partial charge in [0.1, 0.15) is 0 Å². The van der Waals surface area contributed by atoms with Gasteiger partial charge in [-0.1, -0.05) is 57.1 Å². The van der Waals surface area contributed by atoms with Crippen molar-refractivity contribution in [1.29, 1.82) is 0 Å². The van der Waals surface area contributed by atoms with Gasteiger partial charge in [-0.05, 0) is 73.7 Å². The maximum absolute atomic E-state index is 10.1. The molecule has 0 bridgehead atoms. The minimum atomic E-state index is -0.466. The summed E-state index contributed by atoms with van der Waals surface area (Å²) in [6, 6.07) is -0.0914. The molecule has 2 nitrogen and oxygen atoms in total. The molecule has 0 saturated heterocycles. The summed E-state index contributed by atoms with van der Waals surface area (Å²) >= 11 is 0. The molecular weight excluding hydrogens is 306 g/mol. The van der Waals surface area contributed by atoms with Crippen LogP contribution in [0.5, 0.6) is 0 Å². The van der Waals surface area contributed by atoms with Crippen molar-refractivity contribution in [2.24, 2.45) is 28.9 Å². The van der Waals surface area contributed by atoms with Gasteiger partial charge >= 0.3 is 0 Å². The predicted octanol–water partition coefficient (Wildman–Crippen LogP) is 5.14. The van der Waals surface area contributed by atoms with Crippen LogP contribution in [0.2, 0.25) is 0 Å². The molecule has 2 heteroatoms. The number of hydrogen-bond donors (Lipinski definition) is 2. The minimum absolute atomic E-state index is 0.0914. The molecule has 3 aliphatic rings. The van der Waals surface area contributed by atoms with E-state index in [4.69, 9.17) is 5.73 Å². The number of fused-ring (bicyclic) bond motifs is 1. The molecule has 0 amide bonds. The summed E-state index contributed by atoms with van der Waals surface area (Å²) in [5.41, 5.74) is 10.3. The van der Waals surface area contributed by atoms with Crippen molar-refractivity contribution in [3.05, 3.63) is 35.5 Å². The Hall–Kier alpha value is -0.860. The molecule has 3 fully saturated rings. The van der Waals surface area contributed by atoms with Gasteiger partial charge in [0, 0.05) is 6.04 Å². The molecule has 0 spiro atoms. The van der Waals surface area contributed by atoms with Crippen LogP contribution in [0.25, 0.3) is 0 Å². The summed E-state index contributed by atoms with van der Waals surface area (Å²) in [4.78, 5) is 0. The second-order valence-electron chi connectivity index (χ2n) is 9.15. The number of aliphatic hydroxyl groups is 1. The molecule has 0 aliphatic heterocycles. The van der Waals surface area contributed by atoms with E-state index >= 15 is 0 Å². The SMILES string of the molecule is C=C1[C@H](N)C/C(=C/C=C2\CCC[C@]3(C)C([C@@H](C)CC)CC[C@@H]23)C[C@H]1O. The summed E-state index contributed by atoms with van der Waals surface area (Å²) in [5, 5.41) is 10.1. The summed E-state index contributed by atoms with van der Waals surface area (Å²) in [6.07, 6.45) is 13.8. The van der Waals surface area contributed by atoms with E-state index in [9.17, 15) is 5.11 Å². The second kappa shape index (κ2) is 7.40. The van der Waals surface area contributed by atoms with E-state index in [1.54, 1.807) is 5.57 Å². The van der Waals surface area contributed by atoms with E-state index in [2.05, 4.69) is 39.5 Å². The van der Waals surface area contributed by atoms with Crippen molar-refractivity contribution in [2.75, 3.05) is 0 Å². The first kappa shape index (κ1) is 18.9.